The SMILES string of the molecule is Cc1c[nH]c2nccc(Oc3ccc(C4CC(=O)N(CCCN(C)C)CN4)cc3)c12. The second-order valence-corrected chi connectivity index (χ2v) is 8.11. The van der Waals surface area contributed by atoms with Gasteiger partial charge in [-0.3, -0.25) is 10.1 Å². The number of aromatic amines is 1. The molecular weight excluding hydrogens is 378 g/mol. The van der Waals surface area contributed by atoms with Crippen molar-refractivity contribution in [1.29, 1.82) is 0 Å². The summed E-state index contributed by atoms with van der Waals surface area (Å²) in [5.41, 5.74) is 3.02. The van der Waals surface area contributed by atoms with E-state index in [4.69, 9.17) is 4.74 Å². The lowest BCUT2D eigenvalue weighted by molar-refractivity contribution is -0.135. The van der Waals surface area contributed by atoms with E-state index in [1.165, 1.54) is 0 Å². The van der Waals surface area contributed by atoms with E-state index in [0.29, 0.717) is 13.1 Å². The van der Waals surface area contributed by atoms with E-state index < -0.39 is 0 Å². The number of hydrogen-bond acceptors (Lipinski definition) is 5. The molecule has 2 aromatic heterocycles. The summed E-state index contributed by atoms with van der Waals surface area (Å²) >= 11 is 0. The Hall–Kier alpha value is -2.90. The summed E-state index contributed by atoms with van der Waals surface area (Å²) in [4.78, 5) is 24.1. The molecule has 0 aliphatic carbocycles. The third-order valence-corrected chi connectivity index (χ3v) is 5.54. The van der Waals surface area contributed by atoms with Gasteiger partial charge in [-0.2, -0.15) is 0 Å². The summed E-state index contributed by atoms with van der Waals surface area (Å²) in [5, 5.41) is 4.49. The summed E-state index contributed by atoms with van der Waals surface area (Å²) in [6, 6.07) is 9.90. The molecule has 1 saturated heterocycles. The van der Waals surface area contributed by atoms with Crippen LogP contribution in [0.25, 0.3) is 11.0 Å². The number of carbonyl (C=O) groups is 1. The van der Waals surface area contributed by atoms with Gasteiger partial charge in [0.05, 0.1) is 12.1 Å². The number of nitrogens with one attached hydrogen (secondary N) is 2. The van der Waals surface area contributed by atoms with Crippen molar-refractivity contribution in [2.45, 2.75) is 25.8 Å². The largest absolute Gasteiger partial charge is 0.457 e. The van der Waals surface area contributed by atoms with Gasteiger partial charge in [0.2, 0.25) is 5.91 Å². The fourth-order valence-electron chi connectivity index (χ4n) is 3.87. The van der Waals surface area contributed by atoms with Crippen LogP contribution in [0, 0.1) is 6.92 Å². The zero-order valence-corrected chi connectivity index (χ0v) is 17.8. The fourth-order valence-corrected chi connectivity index (χ4v) is 3.87. The van der Waals surface area contributed by atoms with E-state index in [2.05, 4.69) is 34.3 Å². The Kier molecular flexibility index (Phi) is 6.01. The molecule has 1 aliphatic rings. The molecule has 1 fully saturated rings. The van der Waals surface area contributed by atoms with Gasteiger partial charge in [0.1, 0.15) is 17.1 Å². The number of H-pyrrole nitrogens is 1. The zero-order valence-electron chi connectivity index (χ0n) is 17.8. The van der Waals surface area contributed by atoms with E-state index in [1.807, 2.05) is 48.4 Å². The maximum atomic E-state index is 12.5. The van der Waals surface area contributed by atoms with Crippen LogP contribution < -0.4 is 10.1 Å². The maximum absolute atomic E-state index is 12.5. The van der Waals surface area contributed by atoms with Gasteiger partial charge in [0.25, 0.3) is 0 Å². The lowest BCUT2D eigenvalue weighted by Gasteiger charge is -2.33. The molecule has 0 radical (unpaired) electrons. The van der Waals surface area contributed by atoms with Gasteiger partial charge >= 0.3 is 0 Å². The summed E-state index contributed by atoms with van der Waals surface area (Å²) < 4.78 is 6.12. The minimum Gasteiger partial charge on any atom is -0.457 e. The van der Waals surface area contributed by atoms with Crippen LogP contribution in [0.3, 0.4) is 0 Å². The van der Waals surface area contributed by atoms with Gasteiger partial charge in [-0.1, -0.05) is 12.1 Å². The molecular formula is C23H29N5O2. The van der Waals surface area contributed by atoms with Crippen LogP contribution in [-0.2, 0) is 4.79 Å². The minimum atomic E-state index is 0.0381. The summed E-state index contributed by atoms with van der Waals surface area (Å²) in [7, 11) is 4.10. The highest BCUT2D eigenvalue weighted by Gasteiger charge is 2.26. The molecule has 3 aromatic rings. The van der Waals surface area contributed by atoms with Crippen LogP contribution in [0.2, 0.25) is 0 Å². The van der Waals surface area contributed by atoms with Gasteiger partial charge in [-0.25, -0.2) is 4.98 Å². The van der Waals surface area contributed by atoms with Gasteiger partial charge in [0, 0.05) is 31.4 Å². The average Bonchev–Trinajstić information content (AvgIpc) is 3.11. The van der Waals surface area contributed by atoms with Crippen LogP contribution in [-0.4, -0.2) is 59.5 Å². The Morgan fingerprint density at radius 1 is 1.23 bits per heavy atom. The van der Waals surface area contributed by atoms with E-state index >= 15 is 0 Å². The molecule has 4 rings (SSSR count). The van der Waals surface area contributed by atoms with Crippen LogP contribution in [0.1, 0.15) is 30.0 Å². The number of benzene rings is 1. The first-order valence-electron chi connectivity index (χ1n) is 10.4. The Bertz CT molecular complexity index is 1010. The first kappa shape index (κ1) is 20.4. The molecule has 0 spiro atoms. The molecule has 1 amide bonds. The lowest BCUT2D eigenvalue weighted by Crippen LogP contribution is -2.47. The molecule has 1 unspecified atom stereocenters. The molecule has 7 heteroatoms. The number of pyridine rings is 1. The Morgan fingerprint density at radius 2 is 2.03 bits per heavy atom. The first-order chi connectivity index (χ1) is 14.5. The normalized spacial score (nSPS) is 17.1. The number of rotatable bonds is 7. The zero-order chi connectivity index (χ0) is 21.1. The molecule has 1 atom stereocenters. The minimum absolute atomic E-state index is 0.0381. The number of nitrogens with zero attached hydrogens (tertiary/aromatic N) is 3. The number of aryl methyl sites for hydroxylation is 1. The fraction of sp³-hybridized carbons (Fsp3) is 0.391. The lowest BCUT2D eigenvalue weighted by atomic mass is 10.0. The molecule has 3 heterocycles. The van der Waals surface area contributed by atoms with Crippen LogP contribution in [0.15, 0.2) is 42.7 Å². The van der Waals surface area contributed by atoms with Gasteiger partial charge in [-0.15, -0.1) is 0 Å². The van der Waals surface area contributed by atoms with Crippen molar-refractivity contribution < 1.29 is 9.53 Å². The number of hydrogen-bond donors (Lipinski definition) is 2. The molecule has 1 aromatic carbocycles. The Morgan fingerprint density at radius 3 is 2.77 bits per heavy atom. The van der Waals surface area contributed by atoms with Crippen molar-refractivity contribution >= 4 is 16.9 Å². The number of ether oxygens (including phenoxy) is 1. The highest BCUT2D eigenvalue weighted by Crippen LogP contribution is 2.32. The predicted octanol–water partition coefficient (Wildman–Crippen LogP) is 3.44. The second kappa shape index (κ2) is 8.85. The van der Waals surface area contributed by atoms with Crippen LogP contribution >= 0.6 is 0 Å². The van der Waals surface area contributed by atoms with E-state index in [1.54, 1.807) is 6.20 Å². The average molecular weight is 408 g/mol. The Labute approximate surface area is 177 Å². The van der Waals surface area contributed by atoms with Crippen molar-refractivity contribution in [1.82, 2.24) is 25.1 Å². The molecule has 0 saturated carbocycles. The maximum Gasteiger partial charge on any atom is 0.225 e. The molecule has 30 heavy (non-hydrogen) atoms. The van der Waals surface area contributed by atoms with Crippen molar-refractivity contribution in [3.63, 3.8) is 0 Å². The summed E-state index contributed by atoms with van der Waals surface area (Å²) in [6.45, 7) is 4.41. The van der Waals surface area contributed by atoms with Crippen molar-refractivity contribution in [2.24, 2.45) is 0 Å². The molecule has 0 bridgehead atoms. The second-order valence-electron chi connectivity index (χ2n) is 8.11. The topological polar surface area (TPSA) is 73.5 Å². The smallest absolute Gasteiger partial charge is 0.225 e. The van der Waals surface area contributed by atoms with Crippen molar-refractivity contribution in [3.05, 3.63) is 53.9 Å². The van der Waals surface area contributed by atoms with Crippen LogP contribution in [0.5, 0.6) is 11.5 Å². The Balaban J connectivity index is 1.38. The van der Waals surface area contributed by atoms with Crippen molar-refractivity contribution in [3.8, 4) is 11.5 Å². The highest BCUT2D eigenvalue weighted by atomic mass is 16.5. The van der Waals surface area contributed by atoms with E-state index in [0.717, 1.165) is 53.2 Å². The number of fused-ring (bicyclic) bond motifs is 1. The predicted molar refractivity (Wildman–Crippen MR) is 118 cm³/mol. The third-order valence-electron chi connectivity index (χ3n) is 5.54. The van der Waals surface area contributed by atoms with Crippen molar-refractivity contribution in [2.75, 3.05) is 33.9 Å². The summed E-state index contributed by atoms with van der Waals surface area (Å²) in [6.07, 6.45) is 5.14. The first-order valence-corrected chi connectivity index (χ1v) is 10.4. The quantitative estimate of drug-likeness (QED) is 0.628. The number of amides is 1. The standard InChI is InChI=1S/C23H29N5O2/c1-16-14-25-23-22(16)20(9-10-24-23)30-18-7-5-17(6-8-18)19-13-21(29)28(15-26-19)12-4-11-27(2)3/h5-10,14,19,26H,4,11-13,15H2,1-3H3,(H,24,25). The molecule has 158 valence electrons. The third kappa shape index (κ3) is 4.47. The van der Waals surface area contributed by atoms with E-state index in [9.17, 15) is 4.79 Å². The van der Waals surface area contributed by atoms with Crippen LogP contribution in [0.4, 0.5) is 0 Å². The van der Waals surface area contributed by atoms with Gasteiger partial charge < -0.3 is 19.5 Å². The van der Waals surface area contributed by atoms with Gasteiger partial charge in [0.15, 0.2) is 0 Å². The van der Waals surface area contributed by atoms with E-state index in [-0.39, 0.29) is 11.9 Å². The molecule has 2 N–H and O–H groups in total. The number of carbonyl (C=O) groups excluding carboxylic acids is 1. The monoisotopic (exact) mass is 407 g/mol. The number of aromatic nitrogens is 2. The molecule has 1 aliphatic heterocycles. The van der Waals surface area contributed by atoms with Gasteiger partial charge in [-0.05, 0) is 63.3 Å². The summed E-state index contributed by atoms with van der Waals surface area (Å²) in [5.74, 6) is 1.75. The highest BCUT2D eigenvalue weighted by molar-refractivity contribution is 5.86. The molecule has 7 nitrogen and oxygen atoms in total.